The topological polar surface area (TPSA) is 20.2 Å². The summed E-state index contributed by atoms with van der Waals surface area (Å²) < 4.78 is 0. The summed E-state index contributed by atoms with van der Waals surface area (Å²) in [7, 11) is 0. The highest BCUT2D eigenvalue weighted by Gasteiger charge is 1.99. The summed E-state index contributed by atoms with van der Waals surface area (Å²) >= 11 is 0. The monoisotopic (exact) mass is 306 g/mol. The van der Waals surface area contributed by atoms with Crippen molar-refractivity contribution < 1.29 is 5.11 Å². The van der Waals surface area contributed by atoms with E-state index in [0.29, 0.717) is 11.7 Å². The maximum atomic E-state index is 9.35. The van der Waals surface area contributed by atoms with Crippen molar-refractivity contribution in [2.75, 3.05) is 0 Å². The van der Waals surface area contributed by atoms with Crippen molar-refractivity contribution >= 4 is 6.08 Å². The van der Waals surface area contributed by atoms with E-state index in [9.17, 15) is 5.11 Å². The number of allylic oxidation sites excluding steroid dienone is 3. The SMILES string of the molecule is CC(C)=CCCC(C)/C=C/c1ccc(-c2ccc(O)cc2)cc1. The molecule has 0 aromatic heterocycles. The minimum absolute atomic E-state index is 0.301. The van der Waals surface area contributed by atoms with Gasteiger partial charge in [-0.2, -0.15) is 0 Å². The van der Waals surface area contributed by atoms with Gasteiger partial charge in [0.2, 0.25) is 0 Å². The Labute approximate surface area is 140 Å². The van der Waals surface area contributed by atoms with Gasteiger partial charge in [-0.1, -0.05) is 67.1 Å². The molecule has 1 atom stereocenters. The van der Waals surface area contributed by atoms with Gasteiger partial charge < -0.3 is 5.11 Å². The summed E-state index contributed by atoms with van der Waals surface area (Å²) in [6, 6.07) is 15.8. The van der Waals surface area contributed by atoms with E-state index in [2.05, 4.69) is 63.3 Å². The summed E-state index contributed by atoms with van der Waals surface area (Å²) in [5.74, 6) is 0.887. The van der Waals surface area contributed by atoms with Gasteiger partial charge in [-0.05, 0) is 61.4 Å². The molecule has 0 fully saturated rings. The van der Waals surface area contributed by atoms with Crippen LogP contribution in [0, 0.1) is 5.92 Å². The maximum Gasteiger partial charge on any atom is 0.115 e. The summed E-state index contributed by atoms with van der Waals surface area (Å²) in [4.78, 5) is 0. The average molecular weight is 306 g/mol. The van der Waals surface area contributed by atoms with Gasteiger partial charge in [-0.3, -0.25) is 0 Å². The van der Waals surface area contributed by atoms with E-state index in [1.54, 1.807) is 12.1 Å². The normalized spacial score (nSPS) is 12.3. The highest BCUT2D eigenvalue weighted by atomic mass is 16.3. The van der Waals surface area contributed by atoms with Gasteiger partial charge in [0.25, 0.3) is 0 Å². The second-order valence-electron chi connectivity index (χ2n) is 6.36. The van der Waals surface area contributed by atoms with E-state index in [-0.39, 0.29) is 0 Å². The van der Waals surface area contributed by atoms with Crippen LogP contribution in [0.1, 0.15) is 39.2 Å². The van der Waals surface area contributed by atoms with Crippen LogP contribution in [0.3, 0.4) is 0 Å². The van der Waals surface area contributed by atoms with Crippen molar-refractivity contribution in [2.24, 2.45) is 5.92 Å². The first-order valence-corrected chi connectivity index (χ1v) is 8.25. The fraction of sp³-hybridized carbons (Fsp3) is 0.273. The molecule has 0 amide bonds. The van der Waals surface area contributed by atoms with Gasteiger partial charge in [-0.25, -0.2) is 0 Å². The first-order chi connectivity index (χ1) is 11.0. The Balaban J connectivity index is 1.95. The van der Waals surface area contributed by atoms with Gasteiger partial charge in [0.1, 0.15) is 5.75 Å². The van der Waals surface area contributed by atoms with Crippen LogP contribution in [0.15, 0.2) is 66.3 Å². The molecule has 2 aromatic carbocycles. The van der Waals surface area contributed by atoms with Crippen LogP contribution in [0.2, 0.25) is 0 Å². The third-order valence-electron chi connectivity index (χ3n) is 3.90. The molecule has 2 rings (SSSR count). The number of phenolic OH excluding ortho intramolecular Hbond substituents is 1. The molecule has 2 aromatic rings. The van der Waals surface area contributed by atoms with E-state index in [1.165, 1.54) is 23.1 Å². The molecule has 0 aliphatic heterocycles. The van der Waals surface area contributed by atoms with Gasteiger partial charge in [-0.15, -0.1) is 0 Å². The fourth-order valence-electron chi connectivity index (χ4n) is 2.45. The molecule has 0 bridgehead atoms. The van der Waals surface area contributed by atoms with Crippen LogP contribution < -0.4 is 0 Å². The summed E-state index contributed by atoms with van der Waals surface area (Å²) in [5, 5.41) is 9.35. The standard InChI is InChI=1S/C22H26O/c1-17(2)5-4-6-18(3)7-8-19-9-11-20(12-10-19)21-13-15-22(23)16-14-21/h5,7-16,18,23H,4,6H2,1-3H3/b8-7+. The Morgan fingerprint density at radius 3 is 2.09 bits per heavy atom. The molecule has 0 saturated heterocycles. The predicted molar refractivity (Wildman–Crippen MR) is 100 cm³/mol. The minimum Gasteiger partial charge on any atom is -0.508 e. The van der Waals surface area contributed by atoms with Crippen molar-refractivity contribution in [3.8, 4) is 16.9 Å². The number of benzene rings is 2. The fourth-order valence-corrected chi connectivity index (χ4v) is 2.45. The highest BCUT2D eigenvalue weighted by molar-refractivity contribution is 5.66. The lowest BCUT2D eigenvalue weighted by Gasteiger charge is -2.05. The Kier molecular flexibility index (Phi) is 6.22. The van der Waals surface area contributed by atoms with Crippen molar-refractivity contribution in [1.29, 1.82) is 0 Å². The van der Waals surface area contributed by atoms with Crippen molar-refractivity contribution in [3.63, 3.8) is 0 Å². The Morgan fingerprint density at radius 2 is 1.52 bits per heavy atom. The van der Waals surface area contributed by atoms with E-state index < -0.39 is 0 Å². The van der Waals surface area contributed by atoms with Crippen LogP contribution >= 0.6 is 0 Å². The predicted octanol–water partition coefficient (Wildman–Crippen LogP) is 6.45. The largest absolute Gasteiger partial charge is 0.508 e. The zero-order valence-electron chi connectivity index (χ0n) is 14.3. The first-order valence-electron chi connectivity index (χ1n) is 8.25. The molecule has 1 nitrogen and oxygen atoms in total. The molecular formula is C22H26O. The lowest BCUT2D eigenvalue weighted by Crippen LogP contribution is -1.88. The van der Waals surface area contributed by atoms with Crippen LogP contribution in [0.5, 0.6) is 5.75 Å². The van der Waals surface area contributed by atoms with Crippen LogP contribution in [-0.2, 0) is 0 Å². The quantitative estimate of drug-likeness (QED) is 0.608. The second-order valence-corrected chi connectivity index (χ2v) is 6.36. The van der Waals surface area contributed by atoms with Crippen molar-refractivity contribution in [3.05, 3.63) is 71.8 Å². The van der Waals surface area contributed by atoms with E-state index in [4.69, 9.17) is 0 Å². The molecule has 1 unspecified atom stereocenters. The van der Waals surface area contributed by atoms with Crippen LogP contribution in [-0.4, -0.2) is 5.11 Å². The van der Waals surface area contributed by atoms with Crippen LogP contribution in [0.25, 0.3) is 17.2 Å². The van der Waals surface area contributed by atoms with Gasteiger partial charge in [0, 0.05) is 0 Å². The molecule has 23 heavy (non-hydrogen) atoms. The number of hydrogen-bond donors (Lipinski definition) is 1. The zero-order chi connectivity index (χ0) is 16.7. The number of aromatic hydroxyl groups is 1. The molecule has 0 aliphatic carbocycles. The van der Waals surface area contributed by atoms with E-state index in [1.807, 2.05) is 12.1 Å². The minimum atomic E-state index is 0.301. The third-order valence-corrected chi connectivity index (χ3v) is 3.90. The summed E-state index contributed by atoms with van der Waals surface area (Å²) in [6.07, 6.45) is 9.12. The maximum absolute atomic E-state index is 9.35. The first kappa shape index (κ1) is 17.1. The third kappa shape index (κ3) is 5.78. The molecule has 0 spiro atoms. The summed E-state index contributed by atoms with van der Waals surface area (Å²) in [5.41, 5.74) is 4.90. The van der Waals surface area contributed by atoms with Gasteiger partial charge in [0.05, 0.1) is 0 Å². The average Bonchev–Trinajstić information content (AvgIpc) is 2.54. The zero-order valence-corrected chi connectivity index (χ0v) is 14.3. The molecule has 0 radical (unpaired) electrons. The molecular weight excluding hydrogens is 280 g/mol. The lowest BCUT2D eigenvalue weighted by atomic mass is 10.0. The van der Waals surface area contributed by atoms with E-state index >= 15 is 0 Å². The van der Waals surface area contributed by atoms with Crippen LogP contribution in [0.4, 0.5) is 0 Å². The van der Waals surface area contributed by atoms with Gasteiger partial charge >= 0.3 is 0 Å². The molecule has 120 valence electrons. The smallest absolute Gasteiger partial charge is 0.115 e. The summed E-state index contributed by atoms with van der Waals surface area (Å²) in [6.45, 7) is 6.56. The number of phenols is 1. The molecule has 1 heteroatoms. The Morgan fingerprint density at radius 1 is 0.957 bits per heavy atom. The Hall–Kier alpha value is -2.28. The van der Waals surface area contributed by atoms with E-state index in [0.717, 1.165) is 12.0 Å². The molecule has 1 N–H and O–H groups in total. The molecule has 0 aliphatic rings. The number of hydrogen-bond acceptors (Lipinski definition) is 1. The molecule has 0 heterocycles. The Bertz CT molecular complexity index is 656. The lowest BCUT2D eigenvalue weighted by molar-refractivity contribution is 0.475. The number of rotatable bonds is 6. The molecule has 0 saturated carbocycles. The van der Waals surface area contributed by atoms with Crippen molar-refractivity contribution in [1.82, 2.24) is 0 Å². The van der Waals surface area contributed by atoms with Gasteiger partial charge in [0.15, 0.2) is 0 Å². The highest BCUT2D eigenvalue weighted by Crippen LogP contribution is 2.22. The van der Waals surface area contributed by atoms with Crippen molar-refractivity contribution in [2.45, 2.75) is 33.6 Å². The second kappa shape index (κ2) is 8.38.